The van der Waals surface area contributed by atoms with Gasteiger partial charge in [-0.1, -0.05) is 36.4 Å². The molecule has 2 aromatic carbocycles. The molecule has 1 saturated heterocycles. The van der Waals surface area contributed by atoms with E-state index >= 15 is 0 Å². The van der Waals surface area contributed by atoms with Gasteiger partial charge in [0.15, 0.2) is 6.61 Å². The fourth-order valence-corrected chi connectivity index (χ4v) is 3.82. The van der Waals surface area contributed by atoms with Crippen molar-refractivity contribution in [3.8, 4) is 5.75 Å². The van der Waals surface area contributed by atoms with E-state index in [-0.39, 0.29) is 24.0 Å². The molecule has 3 rings (SSSR count). The smallest absolute Gasteiger partial charge is 0.329 e. The highest BCUT2D eigenvalue weighted by molar-refractivity contribution is 8.18. The fourth-order valence-electron chi connectivity index (χ4n) is 2.92. The summed E-state index contributed by atoms with van der Waals surface area (Å²) in [6.45, 7) is 3.01. The number of hydrogen-bond donors (Lipinski definition) is 1. The number of carbonyl (C=O) groups is 4. The second kappa shape index (κ2) is 10.6. The van der Waals surface area contributed by atoms with Crippen LogP contribution in [0.4, 0.5) is 10.5 Å². The number of carbonyl (C=O) groups excluding carboxylic acids is 4. The molecule has 0 saturated carbocycles. The lowest BCUT2D eigenvalue weighted by atomic mass is 10.1. The Morgan fingerprint density at radius 2 is 1.78 bits per heavy atom. The third-order valence-electron chi connectivity index (χ3n) is 4.46. The van der Waals surface area contributed by atoms with Gasteiger partial charge in [-0.05, 0) is 49.9 Å². The van der Waals surface area contributed by atoms with E-state index in [2.05, 4.69) is 5.32 Å². The summed E-state index contributed by atoms with van der Waals surface area (Å²) >= 11 is 0.731. The molecule has 0 spiro atoms. The molecule has 1 N–H and O–H groups in total. The van der Waals surface area contributed by atoms with Crippen LogP contribution in [0.2, 0.25) is 0 Å². The van der Waals surface area contributed by atoms with E-state index in [1.807, 2.05) is 18.2 Å². The monoisotopic (exact) mass is 454 g/mol. The average Bonchev–Trinajstić information content (AvgIpc) is 3.06. The second-order valence-corrected chi connectivity index (χ2v) is 7.71. The Morgan fingerprint density at radius 1 is 1.09 bits per heavy atom. The Balaban J connectivity index is 1.71. The molecule has 8 nitrogen and oxygen atoms in total. The van der Waals surface area contributed by atoms with Crippen molar-refractivity contribution >= 4 is 46.5 Å². The van der Waals surface area contributed by atoms with Crippen LogP contribution in [-0.4, -0.2) is 47.2 Å². The molecular weight excluding hydrogens is 432 g/mol. The maximum atomic E-state index is 12.8. The molecule has 3 amide bonds. The first-order valence-electron chi connectivity index (χ1n) is 9.91. The highest BCUT2D eigenvalue weighted by atomic mass is 32.2. The summed E-state index contributed by atoms with van der Waals surface area (Å²) in [6.07, 6.45) is 1.51. The van der Waals surface area contributed by atoms with Crippen molar-refractivity contribution in [3.63, 3.8) is 0 Å². The predicted octanol–water partition coefficient (Wildman–Crippen LogP) is 3.69. The number of benzene rings is 2. The van der Waals surface area contributed by atoms with E-state index in [1.165, 1.54) is 13.0 Å². The lowest BCUT2D eigenvalue weighted by Gasteiger charge is -2.19. The summed E-state index contributed by atoms with van der Waals surface area (Å²) < 4.78 is 10.5. The predicted molar refractivity (Wildman–Crippen MR) is 121 cm³/mol. The van der Waals surface area contributed by atoms with Gasteiger partial charge in [-0.2, -0.15) is 0 Å². The van der Waals surface area contributed by atoms with Crippen LogP contribution in [0.15, 0.2) is 59.5 Å². The van der Waals surface area contributed by atoms with Crippen molar-refractivity contribution in [2.45, 2.75) is 19.9 Å². The Kier molecular flexibility index (Phi) is 7.67. The lowest BCUT2D eigenvalue weighted by Crippen LogP contribution is -2.42. The molecule has 0 radical (unpaired) electrons. The SMILES string of the molecule is CCOC(=O)[C@H](C)N1C(=O)S/C(=C/c2ccccc2OCC(=O)Nc2ccccc2)C1=O. The van der Waals surface area contributed by atoms with E-state index in [0.717, 1.165) is 16.7 Å². The summed E-state index contributed by atoms with van der Waals surface area (Å²) in [5.41, 5.74) is 1.17. The first kappa shape index (κ1) is 23.1. The van der Waals surface area contributed by atoms with E-state index in [4.69, 9.17) is 9.47 Å². The molecule has 0 bridgehead atoms. The lowest BCUT2D eigenvalue weighted by molar-refractivity contribution is -0.150. The maximum Gasteiger partial charge on any atom is 0.329 e. The summed E-state index contributed by atoms with van der Waals surface area (Å²) in [5.74, 6) is -1.20. The van der Waals surface area contributed by atoms with Crippen molar-refractivity contribution in [1.29, 1.82) is 0 Å². The molecule has 0 unspecified atom stereocenters. The zero-order chi connectivity index (χ0) is 23.1. The van der Waals surface area contributed by atoms with Crippen LogP contribution >= 0.6 is 11.8 Å². The Morgan fingerprint density at radius 3 is 2.50 bits per heavy atom. The number of amides is 3. The van der Waals surface area contributed by atoms with Gasteiger partial charge >= 0.3 is 5.97 Å². The van der Waals surface area contributed by atoms with E-state index in [1.54, 1.807) is 43.3 Å². The van der Waals surface area contributed by atoms with Crippen molar-refractivity contribution in [1.82, 2.24) is 4.90 Å². The molecule has 1 atom stereocenters. The van der Waals surface area contributed by atoms with Gasteiger partial charge in [0.05, 0.1) is 11.5 Å². The highest BCUT2D eigenvalue weighted by Gasteiger charge is 2.41. The Labute approximate surface area is 189 Å². The molecule has 166 valence electrons. The number of anilines is 1. The number of esters is 1. The van der Waals surface area contributed by atoms with Gasteiger partial charge in [-0.3, -0.25) is 19.3 Å². The van der Waals surface area contributed by atoms with E-state index in [9.17, 15) is 19.2 Å². The van der Waals surface area contributed by atoms with Gasteiger partial charge in [0.2, 0.25) is 0 Å². The molecule has 9 heteroatoms. The number of thioether (sulfide) groups is 1. The molecule has 1 aliphatic heterocycles. The quantitative estimate of drug-likeness (QED) is 0.479. The van der Waals surface area contributed by atoms with Gasteiger partial charge in [0.25, 0.3) is 17.1 Å². The maximum absolute atomic E-state index is 12.8. The topological polar surface area (TPSA) is 102 Å². The molecular formula is C23H22N2O6S. The largest absolute Gasteiger partial charge is 0.483 e. The number of nitrogens with zero attached hydrogens (tertiary/aromatic N) is 1. The van der Waals surface area contributed by atoms with Gasteiger partial charge in [-0.25, -0.2) is 4.79 Å². The number of hydrogen-bond acceptors (Lipinski definition) is 7. The Bertz CT molecular complexity index is 1050. The van der Waals surface area contributed by atoms with Gasteiger partial charge < -0.3 is 14.8 Å². The van der Waals surface area contributed by atoms with Crippen molar-refractivity contribution < 1.29 is 28.7 Å². The van der Waals surface area contributed by atoms with E-state index < -0.39 is 23.2 Å². The second-order valence-electron chi connectivity index (χ2n) is 6.72. The average molecular weight is 455 g/mol. The van der Waals surface area contributed by atoms with Crippen molar-refractivity contribution in [2.75, 3.05) is 18.5 Å². The van der Waals surface area contributed by atoms with Gasteiger partial charge in [0.1, 0.15) is 11.8 Å². The zero-order valence-corrected chi connectivity index (χ0v) is 18.4. The molecule has 1 aliphatic rings. The highest BCUT2D eigenvalue weighted by Crippen LogP contribution is 2.35. The summed E-state index contributed by atoms with van der Waals surface area (Å²) in [6, 6.07) is 14.8. The summed E-state index contributed by atoms with van der Waals surface area (Å²) in [7, 11) is 0. The molecule has 1 fully saturated rings. The minimum atomic E-state index is -1.03. The van der Waals surface area contributed by atoms with Crippen molar-refractivity contribution in [3.05, 3.63) is 65.1 Å². The van der Waals surface area contributed by atoms with Crippen LogP contribution in [-0.2, 0) is 19.1 Å². The first-order chi connectivity index (χ1) is 15.4. The first-order valence-corrected chi connectivity index (χ1v) is 10.7. The zero-order valence-electron chi connectivity index (χ0n) is 17.6. The normalized spacial score (nSPS) is 15.6. The number of nitrogens with one attached hydrogen (secondary N) is 1. The van der Waals surface area contributed by atoms with Crippen LogP contribution in [0, 0.1) is 0 Å². The number of rotatable bonds is 8. The van der Waals surface area contributed by atoms with Gasteiger partial charge in [-0.15, -0.1) is 0 Å². The van der Waals surface area contributed by atoms with Gasteiger partial charge in [0, 0.05) is 11.3 Å². The molecule has 0 aromatic heterocycles. The summed E-state index contributed by atoms with van der Waals surface area (Å²) in [4.78, 5) is 50.3. The molecule has 1 heterocycles. The minimum absolute atomic E-state index is 0.149. The third kappa shape index (κ3) is 5.55. The number of ether oxygens (including phenoxy) is 2. The number of para-hydroxylation sites is 2. The molecule has 32 heavy (non-hydrogen) atoms. The number of imide groups is 1. The van der Waals surface area contributed by atoms with Crippen LogP contribution in [0.5, 0.6) is 5.75 Å². The van der Waals surface area contributed by atoms with Crippen LogP contribution in [0.25, 0.3) is 6.08 Å². The molecule has 2 aromatic rings. The fraction of sp³-hybridized carbons (Fsp3) is 0.217. The van der Waals surface area contributed by atoms with E-state index in [0.29, 0.717) is 17.0 Å². The standard InChI is InChI=1S/C23H22N2O6S/c1-3-30-22(28)15(2)25-21(27)19(32-23(25)29)13-16-9-7-8-12-18(16)31-14-20(26)24-17-10-5-4-6-11-17/h4-13,15H,3,14H2,1-2H3,(H,24,26)/b19-13+/t15-/m0/s1. The Hall–Kier alpha value is -3.59. The van der Waals surface area contributed by atoms with Crippen LogP contribution in [0.1, 0.15) is 19.4 Å². The van der Waals surface area contributed by atoms with Crippen molar-refractivity contribution in [2.24, 2.45) is 0 Å². The van der Waals surface area contributed by atoms with Crippen LogP contribution in [0.3, 0.4) is 0 Å². The minimum Gasteiger partial charge on any atom is -0.483 e. The summed E-state index contributed by atoms with van der Waals surface area (Å²) in [5, 5.41) is 2.17. The third-order valence-corrected chi connectivity index (χ3v) is 5.34. The molecule has 0 aliphatic carbocycles. The van der Waals surface area contributed by atoms with Crippen LogP contribution < -0.4 is 10.1 Å².